The van der Waals surface area contributed by atoms with Gasteiger partial charge in [0, 0.05) is 5.56 Å². The molecule has 2 N–H and O–H groups in total. The van der Waals surface area contributed by atoms with E-state index in [0.29, 0.717) is 12.0 Å². The van der Waals surface area contributed by atoms with Crippen LogP contribution in [0.3, 0.4) is 0 Å². The Labute approximate surface area is 129 Å². The number of benzene rings is 2. The van der Waals surface area contributed by atoms with Crippen molar-refractivity contribution in [1.82, 2.24) is 15.0 Å². The van der Waals surface area contributed by atoms with Crippen molar-refractivity contribution in [2.75, 3.05) is 0 Å². The van der Waals surface area contributed by atoms with Crippen LogP contribution < -0.4 is 5.46 Å². The smallest absolute Gasteiger partial charge is 0.423 e. The molecule has 3 rings (SSSR count). The number of rotatable bonds is 4. The van der Waals surface area contributed by atoms with Crippen molar-refractivity contribution in [2.45, 2.75) is 13.5 Å². The topological polar surface area (TPSA) is 71.2 Å². The van der Waals surface area contributed by atoms with Crippen LogP contribution in [0, 0.1) is 6.92 Å². The van der Waals surface area contributed by atoms with Crippen molar-refractivity contribution < 1.29 is 10.0 Å². The van der Waals surface area contributed by atoms with Gasteiger partial charge in [0.05, 0.1) is 12.7 Å². The average Bonchev–Trinajstić information content (AvgIpc) is 2.96. The molecule has 22 heavy (non-hydrogen) atoms. The second-order valence-corrected chi connectivity index (χ2v) is 5.29. The molecule has 0 bridgehead atoms. The van der Waals surface area contributed by atoms with E-state index in [-0.39, 0.29) is 0 Å². The second-order valence-electron chi connectivity index (χ2n) is 5.29. The van der Waals surface area contributed by atoms with Gasteiger partial charge in [0.15, 0.2) is 0 Å². The standard InChI is InChI=1S/C16H16BN3O2/c1-12-3-2-4-13(9-12)10-20-11-16(18-19-20)14-5-7-15(8-6-14)17(21)22/h2-9,11,21-22H,10H2,1H3. The zero-order valence-electron chi connectivity index (χ0n) is 12.2. The van der Waals surface area contributed by atoms with E-state index >= 15 is 0 Å². The van der Waals surface area contributed by atoms with E-state index in [9.17, 15) is 0 Å². The van der Waals surface area contributed by atoms with Gasteiger partial charge in [0.2, 0.25) is 0 Å². The first kappa shape index (κ1) is 14.5. The first-order valence-corrected chi connectivity index (χ1v) is 7.04. The van der Waals surface area contributed by atoms with Crippen LogP contribution in [0.1, 0.15) is 11.1 Å². The zero-order valence-corrected chi connectivity index (χ0v) is 12.2. The summed E-state index contributed by atoms with van der Waals surface area (Å²) in [7, 11) is -1.45. The van der Waals surface area contributed by atoms with E-state index in [0.717, 1.165) is 11.3 Å². The summed E-state index contributed by atoms with van der Waals surface area (Å²) in [5, 5.41) is 26.5. The lowest BCUT2D eigenvalue weighted by atomic mass is 9.80. The van der Waals surface area contributed by atoms with Gasteiger partial charge in [-0.2, -0.15) is 0 Å². The largest absolute Gasteiger partial charge is 0.488 e. The molecule has 2 aromatic carbocycles. The third-order valence-electron chi connectivity index (χ3n) is 3.47. The third-order valence-corrected chi connectivity index (χ3v) is 3.47. The summed E-state index contributed by atoms with van der Waals surface area (Å²) in [6.07, 6.45) is 1.88. The maximum Gasteiger partial charge on any atom is 0.488 e. The molecule has 0 saturated heterocycles. The highest BCUT2D eigenvalue weighted by molar-refractivity contribution is 6.58. The van der Waals surface area contributed by atoms with Crippen molar-refractivity contribution in [3.63, 3.8) is 0 Å². The quantitative estimate of drug-likeness (QED) is 0.704. The van der Waals surface area contributed by atoms with Crippen LogP contribution in [-0.4, -0.2) is 32.2 Å². The highest BCUT2D eigenvalue weighted by Crippen LogP contribution is 2.15. The molecule has 1 heterocycles. The number of hydrogen-bond donors (Lipinski definition) is 2. The number of nitrogens with zero attached hydrogens (tertiary/aromatic N) is 3. The summed E-state index contributed by atoms with van der Waals surface area (Å²) in [5.41, 5.74) is 4.49. The highest BCUT2D eigenvalue weighted by Gasteiger charge is 2.11. The van der Waals surface area contributed by atoms with Gasteiger partial charge >= 0.3 is 7.12 Å². The minimum Gasteiger partial charge on any atom is -0.423 e. The van der Waals surface area contributed by atoms with Gasteiger partial charge in [-0.15, -0.1) is 5.10 Å². The lowest BCUT2D eigenvalue weighted by molar-refractivity contribution is 0.426. The van der Waals surface area contributed by atoms with Crippen molar-refractivity contribution in [1.29, 1.82) is 0 Å². The van der Waals surface area contributed by atoms with Gasteiger partial charge in [-0.05, 0) is 17.9 Å². The van der Waals surface area contributed by atoms with Crippen LogP contribution in [-0.2, 0) is 6.54 Å². The molecule has 0 amide bonds. The lowest BCUT2D eigenvalue weighted by Gasteiger charge is -2.02. The van der Waals surface area contributed by atoms with Gasteiger partial charge < -0.3 is 10.0 Å². The highest BCUT2D eigenvalue weighted by atomic mass is 16.4. The molecule has 6 heteroatoms. The fourth-order valence-electron chi connectivity index (χ4n) is 2.33. The van der Waals surface area contributed by atoms with Gasteiger partial charge in [0.1, 0.15) is 5.69 Å². The molecule has 5 nitrogen and oxygen atoms in total. The van der Waals surface area contributed by atoms with Gasteiger partial charge in [-0.1, -0.05) is 59.3 Å². The van der Waals surface area contributed by atoms with Crippen LogP contribution in [0.2, 0.25) is 0 Å². The van der Waals surface area contributed by atoms with E-state index in [2.05, 4.69) is 35.4 Å². The van der Waals surface area contributed by atoms with Crippen LogP contribution in [0.4, 0.5) is 0 Å². The van der Waals surface area contributed by atoms with Crippen molar-refractivity contribution >= 4 is 12.6 Å². The number of hydrogen-bond acceptors (Lipinski definition) is 4. The number of aromatic nitrogens is 3. The van der Waals surface area contributed by atoms with Crippen molar-refractivity contribution in [3.8, 4) is 11.3 Å². The van der Waals surface area contributed by atoms with Crippen LogP contribution in [0.5, 0.6) is 0 Å². The second kappa shape index (κ2) is 6.13. The molecule has 0 aliphatic rings. The van der Waals surface area contributed by atoms with Crippen LogP contribution in [0.15, 0.2) is 54.7 Å². The maximum absolute atomic E-state index is 9.10. The zero-order chi connectivity index (χ0) is 15.5. The summed E-state index contributed by atoms with van der Waals surface area (Å²) in [5.74, 6) is 0. The molecule has 110 valence electrons. The number of aryl methyl sites for hydroxylation is 1. The maximum atomic E-state index is 9.10. The van der Waals surface area contributed by atoms with Gasteiger partial charge in [-0.3, -0.25) is 0 Å². The van der Waals surface area contributed by atoms with E-state index in [1.165, 1.54) is 11.1 Å². The van der Waals surface area contributed by atoms with E-state index in [1.807, 2.05) is 12.3 Å². The molecule has 0 fully saturated rings. The minimum atomic E-state index is -1.45. The van der Waals surface area contributed by atoms with E-state index in [4.69, 9.17) is 10.0 Å². The lowest BCUT2D eigenvalue weighted by Crippen LogP contribution is -2.29. The summed E-state index contributed by atoms with van der Waals surface area (Å²) in [6.45, 7) is 2.73. The minimum absolute atomic E-state index is 0.455. The fraction of sp³-hybridized carbons (Fsp3) is 0.125. The molecule has 0 unspecified atom stereocenters. The predicted molar refractivity (Wildman–Crippen MR) is 85.6 cm³/mol. The predicted octanol–water partition coefficient (Wildman–Crippen LogP) is 0.982. The first-order chi connectivity index (χ1) is 10.6. The molecule has 0 aliphatic carbocycles. The Morgan fingerprint density at radius 2 is 1.86 bits per heavy atom. The molecule has 1 aromatic heterocycles. The molecule has 0 spiro atoms. The first-order valence-electron chi connectivity index (χ1n) is 7.04. The third kappa shape index (κ3) is 3.24. The van der Waals surface area contributed by atoms with Crippen molar-refractivity contribution in [3.05, 3.63) is 65.9 Å². The molecular formula is C16H16BN3O2. The Hall–Kier alpha value is -2.44. The molecule has 3 aromatic rings. The van der Waals surface area contributed by atoms with Crippen molar-refractivity contribution in [2.24, 2.45) is 0 Å². The monoisotopic (exact) mass is 293 g/mol. The fourth-order valence-corrected chi connectivity index (χ4v) is 2.33. The Balaban J connectivity index is 1.78. The average molecular weight is 293 g/mol. The summed E-state index contributed by atoms with van der Waals surface area (Å²) < 4.78 is 1.79. The summed E-state index contributed by atoms with van der Waals surface area (Å²) in [6, 6.07) is 15.2. The van der Waals surface area contributed by atoms with Gasteiger partial charge in [-0.25, -0.2) is 4.68 Å². The van der Waals surface area contributed by atoms with E-state index < -0.39 is 7.12 Å². The Bertz CT molecular complexity index is 769. The normalized spacial score (nSPS) is 10.7. The Kier molecular flexibility index (Phi) is 4.04. The molecule has 0 radical (unpaired) electrons. The SMILES string of the molecule is Cc1cccc(Cn2cc(-c3ccc(B(O)O)cc3)nn2)c1. The Morgan fingerprint density at radius 3 is 2.55 bits per heavy atom. The Morgan fingerprint density at radius 1 is 1.09 bits per heavy atom. The summed E-state index contributed by atoms with van der Waals surface area (Å²) in [4.78, 5) is 0. The molecule has 0 aliphatic heterocycles. The van der Waals surface area contributed by atoms with Crippen LogP contribution in [0.25, 0.3) is 11.3 Å². The molecular weight excluding hydrogens is 277 g/mol. The molecule has 0 atom stereocenters. The summed E-state index contributed by atoms with van der Waals surface area (Å²) >= 11 is 0. The van der Waals surface area contributed by atoms with E-state index in [1.54, 1.807) is 28.9 Å². The van der Waals surface area contributed by atoms with Gasteiger partial charge in [0.25, 0.3) is 0 Å². The van der Waals surface area contributed by atoms with Crippen LogP contribution >= 0.6 is 0 Å². The molecule has 0 saturated carbocycles.